The first-order valence-corrected chi connectivity index (χ1v) is 13.0. The quantitative estimate of drug-likeness (QED) is 0.526. The maximum atomic E-state index is 13.5. The van der Waals surface area contributed by atoms with Gasteiger partial charge < -0.3 is 19.4 Å². The highest BCUT2D eigenvalue weighted by atomic mass is 16.5. The normalized spacial score (nSPS) is 16.5. The molecule has 2 aromatic carbocycles. The molecule has 5 rings (SSSR count). The summed E-state index contributed by atoms with van der Waals surface area (Å²) in [6, 6.07) is 19.7. The lowest BCUT2D eigenvalue weighted by atomic mass is 9.94. The van der Waals surface area contributed by atoms with Gasteiger partial charge in [-0.15, -0.1) is 0 Å². The Morgan fingerprint density at radius 2 is 1.54 bits per heavy atom. The van der Waals surface area contributed by atoms with Crippen LogP contribution in [0.5, 0.6) is 5.75 Å². The molecule has 2 aliphatic rings. The van der Waals surface area contributed by atoms with Gasteiger partial charge in [0.05, 0.1) is 18.4 Å². The van der Waals surface area contributed by atoms with Crippen molar-refractivity contribution in [1.29, 1.82) is 0 Å². The lowest BCUT2D eigenvalue weighted by Crippen LogP contribution is -2.52. The Balaban J connectivity index is 1.17. The van der Waals surface area contributed by atoms with Gasteiger partial charge in [-0.2, -0.15) is 0 Å². The van der Waals surface area contributed by atoms with Crippen molar-refractivity contribution in [2.45, 2.75) is 19.8 Å². The molecule has 192 valence electrons. The van der Waals surface area contributed by atoms with Gasteiger partial charge in [-0.3, -0.25) is 14.6 Å². The number of hydrogen-bond acceptors (Lipinski definition) is 5. The molecule has 0 radical (unpaired) electrons. The number of piperazine rings is 1. The first kappa shape index (κ1) is 24.8. The van der Waals surface area contributed by atoms with Crippen LogP contribution in [0.1, 0.15) is 28.8 Å². The molecule has 0 spiro atoms. The predicted molar refractivity (Wildman–Crippen MR) is 145 cm³/mol. The van der Waals surface area contributed by atoms with E-state index in [1.807, 2.05) is 65.3 Å². The van der Waals surface area contributed by atoms with Crippen LogP contribution in [-0.4, -0.2) is 73.0 Å². The summed E-state index contributed by atoms with van der Waals surface area (Å²) in [6.07, 6.45) is 3.13. The SMILES string of the molecule is COc1ccc(N2CCN(C(=O)C3CCN(C(=O)c4cccnc4-c4ccccc4C)CC3)CC2)cc1. The van der Waals surface area contributed by atoms with E-state index in [4.69, 9.17) is 4.74 Å². The van der Waals surface area contributed by atoms with Crippen molar-refractivity contribution in [2.24, 2.45) is 5.92 Å². The van der Waals surface area contributed by atoms with Crippen molar-refractivity contribution in [3.05, 3.63) is 78.0 Å². The van der Waals surface area contributed by atoms with Crippen LogP contribution < -0.4 is 9.64 Å². The minimum absolute atomic E-state index is 0.00893. The van der Waals surface area contributed by atoms with Crippen molar-refractivity contribution in [2.75, 3.05) is 51.3 Å². The third-order valence-electron chi connectivity index (χ3n) is 7.60. The third-order valence-corrected chi connectivity index (χ3v) is 7.60. The molecule has 0 bridgehead atoms. The zero-order valence-corrected chi connectivity index (χ0v) is 21.6. The summed E-state index contributed by atoms with van der Waals surface area (Å²) in [4.78, 5) is 37.5. The highest BCUT2D eigenvalue weighted by Gasteiger charge is 2.32. The zero-order valence-electron chi connectivity index (χ0n) is 21.6. The molecule has 2 amide bonds. The molecule has 0 unspecified atom stereocenters. The number of aromatic nitrogens is 1. The molecule has 3 heterocycles. The molecule has 0 N–H and O–H groups in total. The molecule has 7 heteroatoms. The largest absolute Gasteiger partial charge is 0.497 e. The van der Waals surface area contributed by atoms with Crippen molar-refractivity contribution in [3.8, 4) is 17.0 Å². The van der Waals surface area contributed by atoms with E-state index in [2.05, 4.69) is 22.0 Å². The van der Waals surface area contributed by atoms with Crippen LogP contribution in [0.4, 0.5) is 5.69 Å². The van der Waals surface area contributed by atoms with Gasteiger partial charge >= 0.3 is 0 Å². The number of benzene rings is 2. The summed E-state index contributed by atoms with van der Waals surface area (Å²) >= 11 is 0. The second-order valence-corrected chi connectivity index (χ2v) is 9.79. The van der Waals surface area contributed by atoms with Crippen molar-refractivity contribution >= 4 is 17.5 Å². The van der Waals surface area contributed by atoms with Crippen molar-refractivity contribution in [3.63, 3.8) is 0 Å². The van der Waals surface area contributed by atoms with Gasteiger partial charge in [0.1, 0.15) is 5.75 Å². The van der Waals surface area contributed by atoms with Crippen LogP contribution in [0.15, 0.2) is 66.9 Å². The van der Waals surface area contributed by atoms with E-state index >= 15 is 0 Å². The fourth-order valence-corrected chi connectivity index (χ4v) is 5.37. The minimum atomic E-state index is -0.0266. The van der Waals surface area contributed by atoms with Crippen molar-refractivity contribution < 1.29 is 14.3 Å². The second-order valence-electron chi connectivity index (χ2n) is 9.79. The maximum absolute atomic E-state index is 13.5. The second kappa shape index (κ2) is 11.0. The number of pyridine rings is 1. The van der Waals surface area contributed by atoms with Gasteiger partial charge in [0.15, 0.2) is 0 Å². The molecule has 2 aliphatic heterocycles. The van der Waals surface area contributed by atoms with E-state index in [9.17, 15) is 9.59 Å². The van der Waals surface area contributed by atoms with Gasteiger partial charge in [-0.25, -0.2) is 0 Å². The minimum Gasteiger partial charge on any atom is -0.497 e. The Morgan fingerprint density at radius 1 is 0.838 bits per heavy atom. The first-order valence-electron chi connectivity index (χ1n) is 13.0. The molecule has 3 aromatic rings. The van der Waals surface area contributed by atoms with E-state index in [1.165, 1.54) is 0 Å². The Bertz CT molecular complexity index is 1240. The summed E-state index contributed by atoms with van der Waals surface area (Å²) < 4.78 is 5.25. The zero-order chi connectivity index (χ0) is 25.8. The van der Waals surface area contributed by atoms with Gasteiger partial charge in [0, 0.05) is 62.6 Å². The lowest BCUT2D eigenvalue weighted by molar-refractivity contribution is -0.137. The fourth-order valence-electron chi connectivity index (χ4n) is 5.37. The third kappa shape index (κ3) is 5.31. The number of amides is 2. The molecule has 2 saturated heterocycles. The van der Waals surface area contributed by atoms with Gasteiger partial charge in [0.2, 0.25) is 5.91 Å². The molecule has 37 heavy (non-hydrogen) atoms. The smallest absolute Gasteiger partial charge is 0.256 e. The van der Waals surface area contributed by atoms with Crippen LogP contribution >= 0.6 is 0 Å². The number of nitrogens with zero attached hydrogens (tertiary/aromatic N) is 4. The number of rotatable bonds is 5. The summed E-state index contributed by atoms with van der Waals surface area (Å²) in [7, 11) is 1.67. The van der Waals surface area contributed by atoms with E-state index in [1.54, 1.807) is 13.3 Å². The number of methoxy groups -OCH3 is 1. The maximum Gasteiger partial charge on any atom is 0.256 e. The summed E-state index contributed by atoms with van der Waals surface area (Å²) in [6.45, 7) is 6.29. The number of carbonyl (C=O) groups excluding carboxylic acids is 2. The fraction of sp³-hybridized carbons (Fsp3) is 0.367. The van der Waals surface area contributed by atoms with Crippen LogP contribution in [0.3, 0.4) is 0 Å². The Morgan fingerprint density at radius 3 is 2.22 bits per heavy atom. The van der Waals surface area contributed by atoms with Gasteiger partial charge in [-0.1, -0.05) is 24.3 Å². The lowest BCUT2D eigenvalue weighted by Gasteiger charge is -2.39. The number of likely N-dealkylation sites (tertiary alicyclic amines) is 1. The number of piperidine rings is 1. The summed E-state index contributed by atoms with van der Waals surface area (Å²) in [5.41, 5.74) is 4.56. The van der Waals surface area contributed by atoms with Crippen LogP contribution in [-0.2, 0) is 4.79 Å². The van der Waals surface area contributed by atoms with E-state index in [0.717, 1.165) is 54.4 Å². The highest BCUT2D eigenvalue weighted by molar-refractivity contribution is 6.00. The number of aryl methyl sites for hydroxylation is 1. The van der Waals surface area contributed by atoms with E-state index in [-0.39, 0.29) is 17.7 Å². The predicted octanol–water partition coefficient (Wildman–Crippen LogP) is 4.27. The Labute approximate surface area is 218 Å². The number of carbonyl (C=O) groups is 2. The molecule has 7 nitrogen and oxygen atoms in total. The highest BCUT2D eigenvalue weighted by Crippen LogP contribution is 2.28. The average Bonchev–Trinajstić information content (AvgIpc) is 2.97. The first-order chi connectivity index (χ1) is 18.0. The van der Waals surface area contributed by atoms with Crippen LogP contribution in [0.25, 0.3) is 11.3 Å². The Kier molecular flexibility index (Phi) is 7.40. The molecule has 0 atom stereocenters. The topological polar surface area (TPSA) is 66.0 Å². The van der Waals surface area contributed by atoms with Gasteiger partial charge in [-0.05, 0) is 61.7 Å². The summed E-state index contributed by atoms with van der Waals surface area (Å²) in [5, 5.41) is 0. The molecular weight excluding hydrogens is 464 g/mol. The Hall–Kier alpha value is -3.87. The standard InChI is InChI=1S/C30H34N4O3/c1-22-6-3-4-7-26(22)28-27(8-5-15-31-28)30(36)33-16-13-23(14-17-33)29(35)34-20-18-32(19-21-34)24-9-11-25(37-2)12-10-24/h3-12,15,23H,13-14,16-21H2,1-2H3. The molecule has 0 saturated carbocycles. The van der Waals surface area contributed by atoms with Crippen LogP contribution in [0.2, 0.25) is 0 Å². The average molecular weight is 499 g/mol. The van der Waals surface area contributed by atoms with Crippen molar-refractivity contribution in [1.82, 2.24) is 14.8 Å². The molecule has 0 aliphatic carbocycles. The monoisotopic (exact) mass is 498 g/mol. The molecule has 2 fully saturated rings. The molecular formula is C30H34N4O3. The molecule has 1 aromatic heterocycles. The van der Waals surface area contributed by atoms with E-state index in [0.29, 0.717) is 31.5 Å². The number of ether oxygens (including phenoxy) is 1. The van der Waals surface area contributed by atoms with E-state index < -0.39 is 0 Å². The summed E-state index contributed by atoms with van der Waals surface area (Å²) in [5.74, 6) is 1.03. The van der Waals surface area contributed by atoms with Crippen LogP contribution in [0, 0.1) is 12.8 Å². The number of hydrogen-bond donors (Lipinski definition) is 0. The van der Waals surface area contributed by atoms with Gasteiger partial charge in [0.25, 0.3) is 5.91 Å². The number of anilines is 1.